The lowest BCUT2D eigenvalue weighted by atomic mass is 9.98. The van der Waals surface area contributed by atoms with Gasteiger partial charge in [-0.05, 0) is 66.5 Å². The molecule has 2 aromatic carbocycles. The van der Waals surface area contributed by atoms with Gasteiger partial charge < -0.3 is 19.4 Å². The third-order valence-corrected chi connectivity index (χ3v) is 6.14. The lowest BCUT2D eigenvalue weighted by Crippen LogP contribution is -2.30. The summed E-state index contributed by atoms with van der Waals surface area (Å²) in [5.74, 6) is 2.07. The average Bonchev–Trinajstić information content (AvgIpc) is 3.64. The highest BCUT2D eigenvalue weighted by Gasteiger charge is 2.24. The predicted octanol–water partition coefficient (Wildman–Crippen LogP) is 4.28. The summed E-state index contributed by atoms with van der Waals surface area (Å²) in [5, 5.41) is 3.97. The molecule has 0 spiro atoms. The predicted molar refractivity (Wildman–Crippen MR) is 130 cm³/mol. The molecule has 1 aliphatic carbocycles. The maximum Gasteiger partial charge on any atom is 0.257 e. The molecule has 1 amide bonds. The summed E-state index contributed by atoms with van der Waals surface area (Å²) in [4.78, 5) is 25.1. The van der Waals surface area contributed by atoms with Crippen LogP contribution in [0.25, 0.3) is 10.9 Å². The molecule has 0 bridgehead atoms. The van der Waals surface area contributed by atoms with Gasteiger partial charge in [-0.25, -0.2) is 0 Å². The molecule has 0 radical (unpaired) electrons. The van der Waals surface area contributed by atoms with Crippen molar-refractivity contribution in [2.24, 2.45) is 5.92 Å². The van der Waals surface area contributed by atoms with Crippen LogP contribution in [0.15, 0.2) is 53.3 Å². The third-order valence-electron chi connectivity index (χ3n) is 6.14. The number of pyridine rings is 1. The van der Waals surface area contributed by atoms with Crippen LogP contribution in [0.2, 0.25) is 0 Å². The normalized spacial score (nSPS) is 13.3. The lowest BCUT2D eigenvalue weighted by molar-refractivity contribution is -0.123. The van der Waals surface area contributed by atoms with Gasteiger partial charge in [0.05, 0.1) is 12.6 Å². The van der Waals surface area contributed by atoms with Gasteiger partial charge in [-0.2, -0.15) is 0 Å². The monoisotopic (exact) mass is 448 g/mol. The zero-order valence-corrected chi connectivity index (χ0v) is 19.6. The Labute approximate surface area is 194 Å². The Balaban J connectivity index is 1.40. The minimum Gasteiger partial charge on any atom is -0.497 e. The highest BCUT2D eigenvalue weighted by Crippen LogP contribution is 2.33. The van der Waals surface area contributed by atoms with Gasteiger partial charge in [-0.15, -0.1) is 0 Å². The average molecular weight is 449 g/mol. The standard InChI is InChI=1S/C27H32N2O4/c1-18(2)24-15-27(31)29(16-20-4-5-20)25-14-22(10-11-23(24)25)33-17-26(30)28-13-12-19-6-8-21(32-3)9-7-19/h6-11,14-15,18,20H,4-5,12-13,16-17H2,1-3H3,(H,28,30). The molecule has 3 aromatic rings. The summed E-state index contributed by atoms with van der Waals surface area (Å²) in [5.41, 5.74) is 3.09. The fourth-order valence-electron chi connectivity index (χ4n) is 4.04. The summed E-state index contributed by atoms with van der Waals surface area (Å²) in [6.45, 7) is 5.40. The number of methoxy groups -OCH3 is 1. The van der Waals surface area contributed by atoms with Gasteiger partial charge in [-0.1, -0.05) is 26.0 Å². The first-order valence-electron chi connectivity index (χ1n) is 11.6. The quantitative estimate of drug-likeness (QED) is 0.503. The molecular formula is C27H32N2O4. The van der Waals surface area contributed by atoms with Crippen molar-refractivity contribution in [3.63, 3.8) is 0 Å². The Kier molecular flexibility index (Phi) is 7.02. The van der Waals surface area contributed by atoms with E-state index in [-0.39, 0.29) is 24.0 Å². The molecule has 6 nitrogen and oxygen atoms in total. The fourth-order valence-corrected chi connectivity index (χ4v) is 4.04. The maximum atomic E-state index is 12.8. The Morgan fingerprint density at radius 3 is 2.48 bits per heavy atom. The van der Waals surface area contributed by atoms with Crippen molar-refractivity contribution in [2.75, 3.05) is 20.3 Å². The first-order chi connectivity index (χ1) is 15.9. The molecule has 0 saturated heterocycles. The number of amides is 1. The van der Waals surface area contributed by atoms with Gasteiger partial charge in [0.25, 0.3) is 11.5 Å². The number of nitrogens with one attached hydrogen (secondary N) is 1. The molecule has 0 atom stereocenters. The number of hydrogen-bond donors (Lipinski definition) is 1. The van der Waals surface area contributed by atoms with Crippen LogP contribution in [0, 0.1) is 5.92 Å². The molecule has 0 aliphatic heterocycles. The molecule has 1 aliphatic rings. The van der Waals surface area contributed by atoms with Crippen LogP contribution >= 0.6 is 0 Å². The van der Waals surface area contributed by atoms with Crippen LogP contribution in [0.1, 0.15) is 43.7 Å². The second-order valence-electron chi connectivity index (χ2n) is 9.06. The number of fused-ring (bicyclic) bond motifs is 1. The van der Waals surface area contributed by atoms with Gasteiger partial charge >= 0.3 is 0 Å². The summed E-state index contributed by atoms with van der Waals surface area (Å²) in [6, 6.07) is 15.4. The molecule has 1 saturated carbocycles. The van der Waals surface area contributed by atoms with E-state index in [0.717, 1.165) is 40.7 Å². The van der Waals surface area contributed by atoms with Crippen molar-refractivity contribution in [1.82, 2.24) is 9.88 Å². The fraction of sp³-hybridized carbons (Fsp3) is 0.407. The molecule has 0 unspecified atom stereocenters. The Morgan fingerprint density at radius 2 is 1.82 bits per heavy atom. The van der Waals surface area contributed by atoms with E-state index in [0.29, 0.717) is 18.2 Å². The van der Waals surface area contributed by atoms with Gasteiger partial charge in [0.2, 0.25) is 0 Å². The Bertz CT molecular complexity index is 1180. The molecule has 1 fully saturated rings. The highest BCUT2D eigenvalue weighted by atomic mass is 16.5. The maximum absolute atomic E-state index is 12.8. The van der Waals surface area contributed by atoms with E-state index in [9.17, 15) is 9.59 Å². The molecule has 1 aromatic heterocycles. The third kappa shape index (κ3) is 5.75. The summed E-state index contributed by atoms with van der Waals surface area (Å²) >= 11 is 0. The summed E-state index contributed by atoms with van der Waals surface area (Å²) in [6.07, 6.45) is 3.08. The SMILES string of the molecule is COc1ccc(CCNC(=O)COc2ccc3c(C(C)C)cc(=O)n(CC4CC4)c3c2)cc1. The number of ether oxygens (including phenoxy) is 2. The molecule has 33 heavy (non-hydrogen) atoms. The Morgan fingerprint density at radius 1 is 1.09 bits per heavy atom. The molecule has 1 heterocycles. The van der Waals surface area contributed by atoms with E-state index >= 15 is 0 Å². The molecule has 4 rings (SSSR count). The van der Waals surface area contributed by atoms with Crippen molar-refractivity contribution in [1.29, 1.82) is 0 Å². The first kappa shape index (κ1) is 22.9. The number of carbonyl (C=O) groups excluding carboxylic acids is 1. The summed E-state index contributed by atoms with van der Waals surface area (Å²) in [7, 11) is 1.64. The van der Waals surface area contributed by atoms with E-state index in [1.54, 1.807) is 13.2 Å². The molecule has 174 valence electrons. The van der Waals surface area contributed by atoms with Crippen LogP contribution in [0.5, 0.6) is 11.5 Å². The first-order valence-corrected chi connectivity index (χ1v) is 11.6. The second-order valence-corrected chi connectivity index (χ2v) is 9.06. The van der Waals surface area contributed by atoms with Crippen LogP contribution in [-0.2, 0) is 17.8 Å². The number of aromatic nitrogens is 1. The van der Waals surface area contributed by atoms with Crippen molar-refractivity contribution >= 4 is 16.8 Å². The Hall–Kier alpha value is -3.28. The second kappa shape index (κ2) is 10.1. The summed E-state index contributed by atoms with van der Waals surface area (Å²) < 4.78 is 12.8. The van der Waals surface area contributed by atoms with Crippen molar-refractivity contribution in [2.45, 2.75) is 45.6 Å². The number of rotatable bonds is 10. The van der Waals surface area contributed by atoms with E-state index < -0.39 is 0 Å². The molecule has 6 heteroatoms. The van der Waals surface area contributed by atoms with Crippen LogP contribution in [-0.4, -0.2) is 30.7 Å². The van der Waals surface area contributed by atoms with Crippen molar-refractivity contribution in [3.8, 4) is 11.5 Å². The zero-order valence-electron chi connectivity index (χ0n) is 19.6. The number of nitrogens with zero attached hydrogens (tertiary/aromatic N) is 1. The lowest BCUT2D eigenvalue weighted by Gasteiger charge is -2.16. The minimum atomic E-state index is -0.171. The molecule has 1 N–H and O–H groups in total. The van der Waals surface area contributed by atoms with E-state index in [1.807, 2.05) is 47.0 Å². The zero-order chi connectivity index (χ0) is 23.4. The minimum absolute atomic E-state index is 0.0338. The highest BCUT2D eigenvalue weighted by molar-refractivity contribution is 5.84. The van der Waals surface area contributed by atoms with Crippen molar-refractivity contribution in [3.05, 3.63) is 70.0 Å². The van der Waals surface area contributed by atoms with E-state index in [4.69, 9.17) is 9.47 Å². The van der Waals surface area contributed by atoms with Gasteiger partial charge in [0.1, 0.15) is 11.5 Å². The number of carbonyl (C=O) groups is 1. The number of hydrogen-bond acceptors (Lipinski definition) is 4. The topological polar surface area (TPSA) is 69.6 Å². The van der Waals surface area contributed by atoms with Gasteiger partial charge in [-0.3, -0.25) is 9.59 Å². The van der Waals surface area contributed by atoms with Gasteiger partial charge in [0.15, 0.2) is 6.61 Å². The van der Waals surface area contributed by atoms with Crippen LogP contribution in [0.4, 0.5) is 0 Å². The molecular weight excluding hydrogens is 416 g/mol. The van der Waals surface area contributed by atoms with Crippen LogP contribution < -0.4 is 20.3 Å². The van der Waals surface area contributed by atoms with E-state index in [2.05, 4.69) is 19.2 Å². The largest absolute Gasteiger partial charge is 0.497 e. The van der Waals surface area contributed by atoms with Crippen molar-refractivity contribution < 1.29 is 14.3 Å². The van der Waals surface area contributed by atoms with Gasteiger partial charge in [0, 0.05) is 30.6 Å². The van der Waals surface area contributed by atoms with Crippen LogP contribution in [0.3, 0.4) is 0 Å². The van der Waals surface area contributed by atoms with E-state index in [1.165, 1.54) is 12.8 Å². The smallest absolute Gasteiger partial charge is 0.257 e. The number of benzene rings is 2.